The van der Waals surface area contributed by atoms with Crippen molar-refractivity contribution in [3.63, 3.8) is 0 Å². The largest absolute Gasteiger partial charge is 0.492 e. The van der Waals surface area contributed by atoms with Gasteiger partial charge in [0.2, 0.25) is 0 Å². The average molecular weight is 239 g/mol. The molecule has 1 heterocycles. The zero-order valence-electron chi connectivity index (χ0n) is 9.47. The van der Waals surface area contributed by atoms with Crippen molar-refractivity contribution in [2.45, 2.75) is 25.5 Å². The summed E-state index contributed by atoms with van der Waals surface area (Å²) in [4.78, 5) is 0. The van der Waals surface area contributed by atoms with Crippen LogP contribution in [-0.2, 0) is 0 Å². The Labute approximate surface area is 98.7 Å². The van der Waals surface area contributed by atoms with Gasteiger partial charge in [0.15, 0.2) is 0 Å². The average Bonchev–Trinajstić information content (AvgIpc) is 2.57. The van der Waals surface area contributed by atoms with E-state index < -0.39 is 0 Å². The number of ether oxygens (including phenoxy) is 1. The van der Waals surface area contributed by atoms with Crippen molar-refractivity contribution in [1.29, 1.82) is 0 Å². The lowest BCUT2D eigenvalue weighted by molar-refractivity contribution is 0.186. The lowest BCUT2D eigenvalue weighted by Gasteiger charge is -2.18. The van der Waals surface area contributed by atoms with Crippen molar-refractivity contribution < 1.29 is 9.84 Å². The first-order chi connectivity index (χ1) is 7.65. The van der Waals surface area contributed by atoms with Gasteiger partial charge in [-0.15, -0.1) is 0 Å². The molecule has 1 aliphatic rings. The minimum atomic E-state index is -0.218. The number of hydrogen-bond donors (Lipinski definition) is 1. The Balaban J connectivity index is 1.85. The molecule has 2 rings (SSSR count). The third-order valence-corrected chi connectivity index (χ3v) is 3.53. The number of rotatable bonds is 3. The first kappa shape index (κ1) is 11.8. The quantitative estimate of drug-likeness (QED) is 0.813. The van der Waals surface area contributed by atoms with Crippen LogP contribution in [0.15, 0.2) is 24.3 Å². The molecule has 0 bridgehead atoms. The van der Waals surface area contributed by atoms with Crippen LogP contribution in [-0.4, -0.2) is 35.1 Å². The van der Waals surface area contributed by atoms with Crippen LogP contribution in [0.2, 0.25) is 0 Å². The highest BCUT2D eigenvalue weighted by molar-refractivity contribution is 7.13. The van der Waals surface area contributed by atoms with Gasteiger partial charge in [-0.3, -0.25) is 4.67 Å². The van der Waals surface area contributed by atoms with E-state index in [4.69, 9.17) is 4.74 Å². The fraction of sp³-hybridized carbons (Fsp3) is 0.500. The van der Waals surface area contributed by atoms with E-state index in [1.807, 2.05) is 24.3 Å². The highest BCUT2D eigenvalue weighted by atomic mass is 31.0. The maximum absolute atomic E-state index is 9.49. The molecule has 1 aromatic carbocycles. The molecule has 0 radical (unpaired) electrons. The molecule has 1 unspecified atom stereocenters. The number of hydrogen-bond acceptors (Lipinski definition) is 3. The van der Waals surface area contributed by atoms with Crippen LogP contribution in [0.25, 0.3) is 0 Å². The first-order valence-electron chi connectivity index (χ1n) is 5.54. The monoisotopic (exact) mass is 239 g/mol. The lowest BCUT2D eigenvalue weighted by atomic mass is 10.2. The number of aliphatic hydroxyl groups excluding tert-OH is 1. The van der Waals surface area contributed by atoms with Crippen LogP contribution in [0.4, 0.5) is 0 Å². The van der Waals surface area contributed by atoms with E-state index in [0.717, 1.165) is 12.2 Å². The Bertz CT molecular complexity index is 341. The molecule has 0 saturated carbocycles. The smallest absolute Gasteiger partial charge is 0.119 e. The summed E-state index contributed by atoms with van der Waals surface area (Å²) in [6.07, 6.45) is 0.569. The van der Waals surface area contributed by atoms with Gasteiger partial charge in [-0.25, -0.2) is 0 Å². The van der Waals surface area contributed by atoms with Crippen LogP contribution < -0.4 is 4.74 Å². The van der Waals surface area contributed by atoms with Crippen LogP contribution in [0.1, 0.15) is 12.0 Å². The Hall–Kier alpha value is -0.630. The zero-order chi connectivity index (χ0) is 11.5. The van der Waals surface area contributed by atoms with E-state index in [1.54, 1.807) is 0 Å². The molecule has 1 N–H and O–H groups in total. The normalized spacial score (nSPS) is 25.9. The first-order valence-corrected chi connectivity index (χ1v) is 6.05. The second-order valence-corrected chi connectivity index (χ2v) is 5.03. The van der Waals surface area contributed by atoms with Crippen LogP contribution in [0.3, 0.4) is 0 Å². The number of aliphatic hydroxyl groups is 1. The number of β-amino-alcohol motifs (C(OH)–C–C–N with tert-alkyl or cyclic N) is 1. The number of nitrogens with zero attached hydrogens (tertiary/aromatic N) is 1. The van der Waals surface area contributed by atoms with E-state index in [1.165, 1.54) is 5.56 Å². The summed E-state index contributed by atoms with van der Waals surface area (Å²) >= 11 is 0. The third kappa shape index (κ3) is 2.94. The van der Waals surface area contributed by atoms with E-state index >= 15 is 0 Å². The Kier molecular flexibility index (Phi) is 3.80. The maximum Gasteiger partial charge on any atom is 0.119 e. The van der Waals surface area contributed by atoms with Gasteiger partial charge in [-0.05, 0) is 25.5 Å². The fourth-order valence-electron chi connectivity index (χ4n) is 1.91. The molecule has 1 aliphatic heterocycles. The summed E-state index contributed by atoms with van der Waals surface area (Å²) in [7, 11) is 2.65. The lowest BCUT2D eigenvalue weighted by Crippen LogP contribution is -2.26. The summed E-state index contributed by atoms with van der Waals surface area (Å²) in [5.74, 6) is 0.894. The van der Waals surface area contributed by atoms with Gasteiger partial charge in [0, 0.05) is 12.6 Å². The molecule has 1 fully saturated rings. The summed E-state index contributed by atoms with van der Waals surface area (Å²) in [6, 6.07) is 8.33. The van der Waals surface area contributed by atoms with Crippen molar-refractivity contribution in [1.82, 2.24) is 4.67 Å². The molecule has 1 aromatic rings. The van der Waals surface area contributed by atoms with E-state index in [-0.39, 0.29) is 6.10 Å². The summed E-state index contributed by atoms with van der Waals surface area (Å²) < 4.78 is 7.77. The van der Waals surface area contributed by atoms with Crippen molar-refractivity contribution >= 4 is 9.39 Å². The maximum atomic E-state index is 9.49. The van der Waals surface area contributed by atoms with Crippen molar-refractivity contribution in [2.75, 3.05) is 13.2 Å². The van der Waals surface area contributed by atoms with E-state index in [2.05, 4.69) is 21.0 Å². The molecule has 1 saturated heterocycles. The van der Waals surface area contributed by atoms with Gasteiger partial charge in [0.25, 0.3) is 0 Å². The molecular weight excluding hydrogens is 221 g/mol. The number of aryl methyl sites for hydroxylation is 1. The molecule has 3 atom stereocenters. The van der Waals surface area contributed by atoms with Crippen LogP contribution in [0.5, 0.6) is 5.75 Å². The molecule has 16 heavy (non-hydrogen) atoms. The second-order valence-electron chi connectivity index (χ2n) is 4.36. The predicted octanol–water partition coefficient (Wildman–Crippen LogP) is 1.60. The van der Waals surface area contributed by atoms with Gasteiger partial charge in [-0.2, -0.15) is 0 Å². The third-order valence-electron chi connectivity index (χ3n) is 2.90. The summed E-state index contributed by atoms with van der Waals surface area (Å²) in [5, 5.41) is 9.49. The number of benzene rings is 1. The minimum absolute atomic E-state index is 0.218. The second kappa shape index (κ2) is 5.13. The molecular formula is C12H18NO2P. The molecule has 88 valence electrons. The topological polar surface area (TPSA) is 32.7 Å². The SMILES string of the molecule is Cc1ccc(OC[C@@H]2C[C@@H](O)CN2P)cc1. The molecule has 0 amide bonds. The summed E-state index contributed by atoms with van der Waals surface area (Å²) in [5.41, 5.74) is 1.23. The highest BCUT2D eigenvalue weighted by Gasteiger charge is 2.28. The van der Waals surface area contributed by atoms with Crippen LogP contribution >= 0.6 is 9.39 Å². The Morgan fingerprint density at radius 2 is 2.12 bits per heavy atom. The molecule has 0 spiro atoms. The molecule has 0 aliphatic carbocycles. The van der Waals surface area contributed by atoms with Crippen molar-refractivity contribution in [3.05, 3.63) is 29.8 Å². The van der Waals surface area contributed by atoms with Crippen molar-refractivity contribution in [2.24, 2.45) is 0 Å². The van der Waals surface area contributed by atoms with E-state index in [0.29, 0.717) is 19.2 Å². The van der Waals surface area contributed by atoms with Crippen LogP contribution in [0, 0.1) is 6.92 Å². The van der Waals surface area contributed by atoms with Gasteiger partial charge in [-0.1, -0.05) is 27.1 Å². The van der Waals surface area contributed by atoms with Gasteiger partial charge in [0.05, 0.1) is 6.10 Å². The minimum Gasteiger partial charge on any atom is -0.492 e. The zero-order valence-corrected chi connectivity index (χ0v) is 10.6. The summed E-state index contributed by atoms with van der Waals surface area (Å²) in [6.45, 7) is 3.40. The Morgan fingerprint density at radius 1 is 1.44 bits per heavy atom. The highest BCUT2D eigenvalue weighted by Crippen LogP contribution is 2.22. The fourth-order valence-corrected chi connectivity index (χ4v) is 2.36. The molecule has 0 aromatic heterocycles. The van der Waals surface area contributed by atoms with E-state index in [9.17, 15) is 5.11 Å². The molecule has 4 heteroatoms. The van der Waals surface area contributed by atoms with Gasteiger partial charge >= 0.3 is 0 Å². The van der Waals surface area contributed by atoms with Gasteiger partial charge in [0.1, 0.15) is 12.4 Å². The standard InChI is InChI=1S/C12H18NO2P/c1-9-2-4-12(5-3-9)15-8-10-6-11(14)7-13(10)16/h2-5,10-11,14H,6-8,16H2,1H3/t10-,11+/m0/s1. The Morgan fingerprint density at radius 3 is 2.69 bits per heavy atom. The van der Waals surface area contributed by atoms with Gasteiger partial charge < -0.3 is 9.84 Å². The predicted molar refractivity (Wildman–Crippen MR) is 67.5 cm³/mol. The molecule has 3 nitrogen and oxygen atoms in total. The van der Waals surface area contributed by atoms with Crippen molar-refractivity contribution in [3.8, 4) is 5.75 Å².